The van der Waals surface area contributed by atoms with Gasteiger partial charge in [0, 0.05) is 37.3 Å². The summed E-state index contributed by atoms with van der Waals surface area (Å²) in [5, 5.41) is 1.14. The predicted molar refractivity (Wildman–Crippen MR) is 82.2 cm³/mol. The van der Waals surface area contributed by atoms with E-state index in [9.17, 15) is 0 Å². The number of nitrogens with two attached hydrogens (primary N) is 1. The van der Waals surface area contributed by atoms with Crippen molar-refractivity contribution < 1.29 is 9.72 Å². The van der Waals surface area contributed by atoms with Crippen LogP contribution in [0.1, 0.15) is 16.8 Å². The first kappa shape index (κ1) is 13.2. The lowest BCUT2D eigenvalue weighted by atomic mass is 10.0. The van der Waals surface area contributed by atoms with Crippen molar-refractivity contribution in [3.05, 3.63) is 29.0 Å². The highest BCUT2D eigenvalue weighted by Crippen LogP contribution is 2.33. The number of aromatic amines is 1. The monoisotopic (exact) mass is 272 g/mol. The van der Waals surface area contributed by atoms with Crippen LogP contribution in [-0.4, -0.2) is 26.3 Å². The third-order valence-corrected chi connectivity index (χ3v) is 4.16. The summed E-state index contributed by atoms with van der Waals surface area (Å²) in [6.07, 6.45) is 0. The van der Waals surface area contributed by atoms with Crippen LogP contribution in [0.15, 0.2) is 12.1 Å². The molecule has 0 saturated carbocycles. The summed E-state index contributed by atoms with van der Waals surface area (Å²) >= 11 is 0. The minimum Gasteiger partial charge on any atom is -0.398 e. The Balaban J connectivity index is 2.28. The number of pyridine rings is 1. The molecular formula is C16H22N3O+. The number of fused-ring (bicyclic) bond motifs is 1. The summed E-state index contributed by atoms with van der Waals surface area (Å²) in [6.45, 7) is 9.76. The van der Waals surface area contributed by atoms with Gasteiger partial charge in [0.2, 0.25) is 5.52 Å². The maximum atomic E-state index is 6.31. The van der Waals surface area contributed by atoms with Crippen LogP contribution < -0.4 is 15.6 Å². The van der Waals surface area contributed by atoms with Gasteiger partial charge in [0.15, 0.2) is 5.69 Å². The number of nitrogen functional groups attached to an aromatic ring is 1. The van der Waals surface area contributed by atoms with Crippen LogP contribution in [0.2, 0.25) is 0 Å². The van der Waals surface area contributed by atoms with Gasteiger partial charge in [-0.1, -0.05) is 0 Å². The molecule has 0 atom stereocenters. The fourth-order valence-electron chi connectivity index (χ4n) is 2.94. The first-order valence-electron chi connectivity index (χ1n) is 7.13. The van der Waals surface area contributed by atoms with Crippen molar-refractivity contribution in [2.45, 2.75) is 20.8 Å². The average molecular weight is 272 g/mol. The summed E-state index contributed by atoms with van der Waals surface area (Å²) in [7, 11) is 0. The van der Waals surface area contributed by atoms with Crippen molar-refractivity contribution >= 4 is 22.3 Å². The van der Waals surface area contributed by atoms with E-state index in [4.69, 9.17) is 10.5 Å². The van der Waals surface area contributed by atoms with Crippen molar-refractivity contribution in [3.63, 3.8) is 0 Å². The number of rotatable bonds is 1. The topological polar surface area (TPSA) is 52.6 Å². The first-order valence-corrected chi connectivity index (χ1v) is 7.13. The van der Waals surface area contributed by atoms with Gasteiger partial charge in [-0.15, -0.1) is 0 Å². The molecule has 20 heavy (non-hydrogen) atoms. The summed E-state index contributed by atoms with van der Waals surface area (Å²) in [5.41, 5.74) is 13.2. The number of nitrogens with one attached hydrogen (secondary N) is 1. The van der Waals surface area contributed by atoms with E-state index in [1.807, 2.05) is 0 Å². The number of hydrogen-bond acceptors (Lipinski definition) is 3. The molecule has 1 fully saturated rings. The molecule has 4 nitrogen and oxygen atoms in total. The van der Waals surface area contributed by atoms with Gasteiger partial charge in [0.05, 0.1) is 24.3 Å². The Bertz CT molecular complexity index is 661. The van der Waals surface area contributed by atoms with Gasteiger partial charge in [-0.3, -0.25) is 0 Å². The second kappa shape index (κ2) is 4.94. The minimum absolute atomic E-state index is 0.782. The molecule has 1 aliphatic rings. The number of nitrogens with zero attached hydrogens (tertiary/aromatic N) is 1. The quantitative estimate of drug-likeness (QED) is 0.808. The molecule has 3 N–H and O–H groups in total. The van der Waals surface area contributed by atoms with Crippen molar-refractivity contribution in [1.29, 1.82) is 0 Å². The lowest BCUT2D eigenvalue weighted by Crippen LogP contribution is -2.37. The molecule has 0 aliphatic carbocycles. The molecule has 0 amide bonds. The Morgan fingerprint density at radius 2 is 1.85 bits per heavy atom. The fourth-order valence-corrected chi connectivity index (χ4v) is 2.94. The molecule has 2 aromatic rings. The second-order valence-corrected chi connectivity index (χ2v) is 5.59. The molecule has 4 heteroatoms. The standard InChI is InChI=1S/C16H21N3O/c1-10-8-13(17)15-14(19-4-6-20-7-5-19)9-11(2)18-16(15)12(10)3/h8-9H,4-7,17H2,1-3H3/p+1. The number of hydrogen-bond donors (Lipinski definition) is 1. The number of anilines is 2. The van der Waals surface area contributed by atoms with E-state index in [-0.39, 0.29) is 0 Å². The Hall–Kier alpha value is -1.81. The molecule has 0 spiro atoms. The largest absolute Gasteiger partial charge is 0.398 e. The second-order valence-electron chi connectivity index (χ2n) is 5.59. The zero-order chi connectivity index (χ0) is 14.3. The highest BCUT2D eigenvalue weighted by atomic mass is 16.5. The van der Waals surface area contributed by atoms with Crippen molar-refractivity contribution in [2.24, 2.45) is 0 Å². The van der Waals surface area contributed by atoms with Gasteiger partial charge >= 0.3 is 0 Å². The molecule has 1 saturated heterocycles. The van der Waals surface area contributed by atoms with Crippen LogP contribution in [0.3, 0.4) is 0 Å². The van der Waals surface area contributed by atoms with Crippen LogP contribution in [0.4, 0.5) is 11.4 Å². The number of aromatic nitrogens is 1. The predicted octanol–water partition coefficient (Wildman–Crippen LogP) is 2.00. The van der Waals surface area contributed by atoms with Gasteiger partial charge in [-0.2, -0.15) is 0 Å². The molecule has 106 valence electrons. The molecule has 0 radical (unpaired) electrons. The van der Waals surface area contributed by atoms with E-state index in [0.717, 1.165) is 48.6 Å². The number of morpholine rings is 1. The van der Waals surface area contributed by atoms with Crippen LogP contribution in [0, 0.1) is 20.8 Å². The summed E-state index contributed by atoms with van der Waals surface area (Å²) in [5.74, 6) is 0. The van der Waals surface area contributed by atoms with E-state index in [2.05, 4.69) is 42.8 Å². The van der Waals surface area contributed by atoms with E-state index in [0.29, 0.717) is 0 Å². The molecule has 0 bridgehead atoms. The Morgan fingerprint density at radius 1 is 1.15 bits per heavy atom. The number of ether oxygens (including phenoxy) is 1. The molecule has 0 unspecified atom stereocenters. The number of aryl methyl sites for hydroxylation is 3. The van der Waals surface area contributed by atoms with Gasteiger partial charge in [0.1, 0.15) is 0 Å². The normalized spacial score (nSPS) is 15.8. The van der Waals surface area contributed by atoms with Gasteiger partial charge in [-0.25, -0.2) is 4.98 Å². The van der Waals surface area contributed by atoms with Crippen molar-refractivity contribution in [2.75, 3.05) is 36.9 Å². The van der Waals surface area contributed by atoms with Gasteiger partial charge in [0.25, 0.3) is 0 Å². The highest BCUT2D eigenvalue weighted by molar-refractivity contribution is 6.01. The summed E-state index contributed by atoms with van der Waals surface area (Å²) in [4.78, 5) is 5.85. The summed E-state index contributed by atoms with van der Waals surface area (Å²) in [6, 6.07) is 4.27. The Labute approximate surface area is 119 Å². The highest BCUT2D eigenvalue weighted by Gasteiger charge is 2.21. The molecule has 1 aromatic heterocycles. The minimum atomic E-state index is 0.782. The first-order chi connectivity index (χ1) is 9.58. The zero-order valence-electron chi connectivity index (χ0n) is 12.4. The van der Waals surface area contributed by atoms with Crippen LogP contribution in [0.5, 0.6) is 0 Å². The van der Waals surface area contributed by atoms with Gasteiger partial charge in [-0.05, 0) is 25.5 Å². The third kappa shape index (κ3) is 2.10. The van der Waals surface area contributed by atoms with E-state index in [1.54, 1.807) is 0 Å². The Kier molecular flexibility index (Phi) is 3.26. The molecular weight excluding hydrogens is 250 g/mol. The maximum Gasteiger partial charge on any atom is 0.218 e. The van der Waals surface area contributed by atoms with Crippen LogP contribution in [0.25, 0.3) is 10.9 Å². The lowest BCUT2D eigenvalue weighted by Gasteiger charge is -2.29. The lowest BCUT2D eigenvalue weighted by molar-refractivity contribution is -0.354. The van der Waals surface area contributed by atoms with Crippen molar-refractivity contribution in [1.82, 2.24) is 0 Å². The maximum absolute atomic E-state index is 6.31. The third-order valence-electron chi connectivity index (χ3n) is 4.16. The number of H-pyrrole nitrogens is 1. The van der Waals surface area contributed by atoms with E-state index >= 15 is 0 Å². The average Bonchev–Trinajstić information content (AvgIpc) is 2.45. The van der Waals surface area contributed by atoms with Crippen LogP contribution >= 0.6 is 0 Å². The molecule has 2 heterocycles. The zero-order valence-corrected chi connectivity index (χ0v) is 12.4. The van der Waals surface area contributed by atoms with Gasteiger partial charge < -0.3 is 15.4 Å². The fraction of sp³-hybridized carbons (Fsp3) is 0.438. The SMILES string of the molecule is Cc1cc(N2CCOCC2)c2c(N)cc(C)c(C)c2[nH+]1. The Morgan fingerprint density at radius 3 is 2.55 bits per heavy atom. The van der Waals surface area contributed by atoms with Crippen LogP contribution in [-0.2, 0) is 4.74 Å². The van der Waals surface area contributed by atoms with E-state index < -0.39 is 0 Å². The van der Waals surface area contributed by atoms with Crippen molar-refractivity contribution in [3.8, 4) is 0 Å². The number of benzene rings is 1. The molecule has 1 aliphatic heterocycles. The molecule has 3 rings (SSSR count). The summed E-state index contributed by atoms with van der Waals surface area (Å²) < 4.78 is 5.46. The molecule has 1 aromatic carbocycles. The smallest absolute Gasteiger partial charge is 0.218 e. The van der Waals surface area contributed by atoms with E-state index in [1.165, 1.54) is 16.8 Å².